The number of halogens is 1. The Morgan fingerprint density at radius 2 is 1.83 bits per heavy atom. The van der Waals surface area contributed by atoms with Gasteiger partial charge in [-0.15, -0.1) is 0 Å². The molecule has 0 aliphatic heterocycles. The van der Waals surface area contributed by atoms with Crippen LogP contribution < -0.4 is 0 Å². The van der Waals surface area contributed by atoms with Crippen molar-refractivity contribution >= 4 is 15.9 Å². The van der Waals surface area contributed by atoms with Crippen molar-refractivity contribution in [1.29, 1.82) is 0 Å². The summed E-state index contributed by atoms with van der Waals surface area (Å²) in [5.74, 6) is 0. The van der Waals surface area contributed by atoms with Gasteiger partial charge in [0.25, 0.3) is 0 Å². The minimum atomic E-state index is 0.609. The van der Waals surface area contributed by atoms with Gasteiger partial charge in [-0.3, -0.25) is 0 Å². The maximum atomic E-state index is 3.68. The summed E-state index contributed by atoms with van der Waals surface area (Å²) >= 11 is 3.68. The second kappa shape index (κ2) is 5.06. The van der Waals surface area contributed by atoms with E-state index in [0.29, 0.717) is 5.41 Å². The Morgan fingerprint density at radius 3 is 2.25 bits per heavy atom. The first-order chi connectivity index (χ1) is 5.83. The maximum Gasteiger partial charge on any atom is 0.00881 e. The third-order valence-electron chi connectivity index (χ3n) is 2.91. The minimum absolute atomic E-state index is 0.609. The molecule has 70 valence electrons. The Balaban J connectivity index is 2.52. The molecule has 1 rings (SSSR count). The van der Waals surface area contributed by atoms with Gasteiger partial charge in [-0.05, 0) is 37.5 Å². The van der Waals surface area contributed by atoms with E-state index in [-0.39, 0.29) is 0 Å². The SMILES string of the molecule is CCCC1(CBr)CCC=CCC1. The molecule has 0 nitrogen and oxygen atoms in total. The molecular weight excluding hydrogens is 212 g/mol. The predicted octanol–water partition coefficient (Wildman–Crippen LogP) is 4.30. The van der Waals surface area contributed by atoms with Crippen LogP contribution in [0.25, 0.3) is 0 Å². The molecule has 0 saturated heterocycles. The van der Waals surface area contributed by atoms with Gasteiger partial charge in [0.1, 0.15) is 0 Å². The van der Waals surface area contributed by atoms with E-state index in [1.807, 2.05) is 0 Å². The van der Waals surface area contributed by atoms with E-state index in [1.54, 1.807) is 0 Å². The summed E-state index contributed by atoms with van der Waals surface area (Å²) < 4.78 is 0. The third kappa shape index (κ3) is 2.62. The maximum absolute atomic E-state index is 3.68. The van der Waals surface area contributed by atoms with Crippen LogP contribution in [0, 0.1) is 5.41 Å². The lowest BCUT2D eigenvalue weighted by molar-refractivity contribution is 0.266. The molecule has 0 atom stereocenters. The topological polar surface area (TPSA) is 0 Å². The molecule has 0 fully saturated rings. The molecule has 0 bridgehead atoms. The summed E-state index contributed by atoms with van der Waals surface area (Å²) in [6.07, 6.45) is 12.7. The summed E-state index contributed by atoms with van der Waals surface area (Å²) in [5.41, 5.74) is 0.609. The standard InChI is InChI=1S/C11H19Br/c1-2-7-11(10-12)8-5-3-4-6-9-11/h3-4H,2,5-10H2,1H3. The average molecular weight is 231 g/mol. The van der Waals surface area contributed by atoms with Gasteiger partial charge in [-0.1, -0.05) is 41.4 Å². The second-order valence-corrected chi connectivity index (χ2v) is 4.49. The van der Waals surface area contributed by atoms with Gasteiger partial charge in [-0.25, -0.2) is 0 Å². The molecule has 0 aromatic carbocycles. The van der Waals surface area contributed by atoms with Crippen LogP contribution in [0.15, 0.2) is 12.2 Å². The normalized spacial score (nSPS) is 22.2. The zero-order chi connectivity index (χ0) is 8.86. The molecular formula is C11H19Br. The van der Waals surface area contributed by atoms with Crippen molar-refractivity contribution in [2.24, 2.45) is 5.41 Å². The molecule has 0 N–H and O–H groups in total. The third-order valence-corrected chi connectivity index (χ3v) is 4.10. The van der Waals surface area contributed by atoms with Crippen LogP contribution in [0.3, 0.4) is 0 Å². The van der Waals surface area contributed by atoms with Gasteiger partial charge < -0.3 is 0 Å². The van der Waals surface area contributed by atoms with Crippen molar-refractivity contribution in [2.45, 2.75) is 45.4 Å². The molecule has 0 saturated carbocycles. The lowest BCUT2D eigenvalue weighted by Gasteiger charge is -2.30. The molecule has 1 aliphatic carbocycles. The fourth-order valence-electron chi connectivity index (χ4n) is 2.12. The summed E-state index contributed by atoms with van der Waals surface area (Å²) in [6, 6.07) is 0. The molecule has 0 unspecified atom stereocenters. The average Bonchev–Trinajstić information content (AvgIpc) is 2.32. The van der Waals surface area contributed by atoms with E-state index >= 15 is 0 Å². The van der Waals surface area contributed by atoms with Gasteiger partial charge in [0, 0.05) is 5.33 Å². The summed E-state index contributed by atoms with van der Waals surface area (Å²) in [7, 11) is 0. The van der Waals surface area contributed by atoms with E-state index < -0.39 is 0 Å². The molecule has 12 heavy (non-hydrogen) atoms. The Bertz CT molecular complexity index is 139. The van der Waals surface area contributed by atoms with Crippen molar-refractivity contribution < 1.29 is 0 Å². The second-order valence-electron chi connectivity index (χ2n) is 3.93. The number of allylic oxidation sites excluding steroid dienone is 2. The van der Waals surface area contributed by atoms with E-state index in [4.69, 9.17) is 0 Å². The highest BCUT2D eigenvalue weighted by atomic mass is 79.9. The molecule has 0 spiro atoms. The molecule has 0 aromatic rings. The molecule has 0 heterocycles. The smallest absolute Gasteiger partial charge is 0.00881 e. The minimum Gasteiger partial charge on any atom is -0.0922 e. The van der Waals surface area contributed by atoms with Crippen LogP contribution in [0.5, 0.6) is 0 Å². The van der Waals surface area contributed by atoms with Crippen molar-refractivity contribution in [3.63, 3.8) is 0 Å². The highest BCUT2D eigenvalue weighted by molar-refractivity contribution is 9.09. The Hall–Kier alpha value is 0.220. The van der Waals surface area contributed by atoms with Crippen molar-refractivity contribution in [3.8, 4) is 0 Å². The number of rotatable bonds is 3. The number of alkyl halides is 1. The first-order valence-electron chi connectivity index (χ1n) is 5.04. The van der Waals surface area contributed by atoms with E-state index in [2.05, 4.69) is 35.0 Å². The fourth-order valence-corrected chi connectivity index (χ4v) is 2.96. The molecule has 1 heteroatoms. The lowest BCUT2D eigenvalue weighted by Crippen LogP contribution is -2.21. The van der Waals surface area contributed by atoms with Crippen molar-refractivity contribution in [1.82, 2.24) is 0 Å². The van der Waals surface area contributed by atoms with Crippen molar-refractivity contribution in [2.75, 3.05) is 5.33 Å². The first kappa shape index (κ1) is 10.3. The van der Waals surface area contributed by atoms with Crippen LogP contribution in [-0.4, -0.2) is 5.33 Å². The molecule has 0 amide bonds. The van der Waals surface area contributed by atoms with E-state index in [0.717, 1.165) is 0 Å². The Labute approximate surface area is 84.6 Å². The van der Waals surface area contributed by atoms with E-state index in [9.17, 15) is 0 Å². The molecule has 0 radical (unpaired) electrons. The fraction of sp³-hybridized carbons (Fsp3) is 0.818. The summed E-state index contributed by atoms with van der Waals surface area (Å²) in [4.78, 5) is 0. The Morgan fingerprint density at radius 1 is 1.25 bits per heavy atom. The lowest BCUT2D eigenvalue weighted by atomic mass is 9.78. The highest BCUT2D eigenvalue weighted by Gasteiger charge is 2.27. The zero-order valence-electron chi connectivity index (χ0n) is 7.98. The summed E-state index contributed by atoms with van der Waals surface area (Å²) in [5, 5.41) is 1.19. The zero-order valence-corrected chi connectivity index (χ0v) is 9.57. The first-order valence-corrected chi connectivity index (χ1v) is 6.16. The van der Waals surface area contributed by atoms with Crippen LogP contribution in [0.2, 0.25) is 0 Å². The van der Waals surface area contributed by atoms with Crippen molar-refractivity contribution in [3.05, 3.63) is 12.2 Å². The van der Waals surface area contributed by atoms with Gasteiger partial charge in [-0.2, -0.15) is 0 Å². The van der Waals surface area contributed by atoms with Gasteiger partial charge in [0.05, 0.1) is 0 Å². The quantitative estimate of drug-likeness (QED) is 0.501. The van der Waals surface area contributed by atoms with Gasteiger partial charge in [0.2, 0.25) is 0 Å². The van der Waals surface area contributed by atoms with Gasteiger partial charge >= 0.3 is 0 Å². The van der Waals surface area contributed by atoms with Crippen LogP contribution in [0.4, 0.5) is 0 Å². The predicted molar refractivity (Wildman–Crippen MR) is 58.7 cm³/mol. The molecule has 0 aromatic heterocycles. The van der Waals surface area contributed by atoms with Crippen LogP contribution in [0.1, 0.15) is 45.4 Å². The largest absolute Gasteiger partial charge is 0.0922 e. The van der Waals surface area contributed by atoms with Crippen LogP contribution in [-0.2, 0) is 0 Å². The molecule has 1 aliphatic rings. The van der Waals surface area contributed by atoms with E-state index in [1.165, 1.54) is 43.9 Å². The number of hydrogen-bond donors (Lipinski definition) is 0. The number of hydrogen-bond acceptors (Lipinski definition) is 0. The monoisotopic (exact) mass is 230 g/mol. The van der Waals surface area contributed by atoms with Crippen LogP contribution >= 0.6 is 15.9 Å². The van der Waals surface area contributed by atoms with Gasteiger partial charge in [0.15, 0.2) is 0 Å². The summed E-state index contributed by atoms with van der Waals surface area (Å²) in [6.45, 7) is 2.29. The highest BCUT2D eigenvalue weighted by Crippen LogP contribution is 2.38. The Kier molecular flexibility index (Phi) is 4.34.